The van der Waals surface area contributed by atoms with Gasteiger partial charge in [-0.25, -0.2) is 0 Å². The van der Waals surface area contributed by atoms with Gasteiger partial charge in [-0.1, -0.05) is 26.0 Å². The lowest BCUT2D eigenvalue weighted by Crippen LogP contribution is -2.05. The molecule has 0 aliphatic carbocycles. The molecule has 0 spiro atoms. The maximum atomic E-state index is 9.17. The Morgan fingerprint density at radius 3 is 2.53 bits per heavy atom. The molecule has 1 atom stereocenters. The maximum Gasteiger partial charge on any atom is 0.122 e. The second-order valence-electron chi connectivity index (χ2n) is 5.02. The number of hydrogen-bond donors (Lipinski definition) is 1. The Labute approximate surface area is 105 Å². The molecule has 0 aromatic heterocycles. The fraction of sp³-hybridized carbons (Fsp3) is 0.600. The fourth-order valence-electron chi connectivity index (χ4n) is 1.69. The molecule has 0 aliphatic heterocycles. The Morgan fingerprint density at radius 1 is 1.24 bits per heavy atom. The second-order valence-corrected chi connectivity index (χ2v) is 5.02. The van der Waals surface area contributed by atoms with Gasteiger partial charge in [0.15, 0.2) is 0 Å². The lowest BCUT2D eigenvalue weighted by molar-refractivity contribution is 0.170. The molecule has 0 heterocycles. The summed E-state index contributed by atoms with van der Waals surface area (Å²) < 4.78 is 5.77. The first kappa shape index (κ1) is 14.0. The van der Waals surface area contributed by atoms with E-state index in [1.807, 2.05) is 6.92 Å². The van der Waals surface area contributed by atoms with Gasteiger partial charge in [0, 0.05) is 0 Å². The zero-order valence-corrected chi connectivity index (χ0v) is 11.4. The van der Waals surface area contributed by atoms with Crippen molar-refractivity contribution in [1.29, 1.82) is 0 Å². The van der Waals surface area contributed by atoms with Gasteiger partial charge in [-0.15, -0.1) is 0 Å². The lowest BCUT2D eigenvalue weighted by Gasteiger charge is -2.13. The SMILES string of the molecule is Cc1ccc(C(C)C)cc1OCCCC(C)O. The summed E-state index contributed by atoms with van der Waals surface area (Å²) in [5.74, 6) is 1.50. The van der Waals surface area contributed by atoms with Crippen LogP contribution in [-0.4, -0.2) is 17.8 Å². The van der Waals surface area contributed by atoms with Crippen molar-refractivity contribution in [1.82, 2.24) is 0 Å². The van der Waals surface area contributed by atoms with E-state index >= 15 is 0 Å². The molecule has 1 rings (SSSR count). The van der Waals surface area contributed by atoms with Gasteiger partial charge in [0.25, 0.3) is 0 Å². The van der Waals surface area contributed by atoms with Crippen LogP contribution in [0.15, 0.2) is 18.2 Å². The van der Waals surface area contributed by atoms with Crippen molar-refractivity contribution in [3.05, 3.63) is 29.3 Å². The average molecular weight is 236 g/mol. The number of benzene rings is 1. The summed E-state index contributed by atoms with van der Waals surface area (Å²) >= 11 is 0. The van der Waals surface area contributed by atoms with Gasteiger partial charge >= 0.3 is 0 Å². The molecule has 96 valence electrons. The monoisotopic (exact) mass is 236 g/mol. The van der Waals surface area contributed by atoms with Crippen LogP contribution < -0.4 is 4.74 Å². The molecule has 1 unspecified atom stereocenters. The van der Waals surface area contributed by atoms with Gasteiger partial charge < -0.3 is 9.84 Å². The van der Waals surface area contributed by atoms with Crippen molar-refractivity contribution < 1.29 is 9.84 Å². The fourth-order valence-corrected chi connectivity index (χ4v) is 1.69. The van der Waals surface area contributed by atoms with Crippen LogP contribution in [0.5, 0.6) is 5.75 Å². The summed E-state index contributed by atoms with van der Waals surface area (Å²) in [6, 6.07) is 6.39. The first-order valence-electron chi connectivity index (χ1n) is 6.42. The molecule has 2 nitrogen and oxygen atoms in total. The molecule has 1 aromatic rings. The van der Waals surface area contributed by atoms with Gasteiger partial charge in [-0.2, -0.15) is 0 Å². The van der Waals surface area contributed by atoms with E-state index in [0.717, 1.165) is 18.6 Å². The third-order valence-corrected chi connectivity index (χ3v) is 2.90. The van der Waals surface area contributed by atoms with E-state index < -0.39 is 0 Å². The Hall–Kier alpha value is -1.02. The van der Waals surface area contributed by atoms with E-state index in [1.54, 1.807) is 0 Å². The highest BCUT2D eigenvalue weighted by Crippen LogP contribution is 2.24. The second kappa shape index (κ2) is 6.65. The molecule has 0 fully saturated rings. The Balaban J connectivity index is 2.54. The first-order valence-corrected chi connectivity index (χ1v) is 6.42. The molecular formula is C15H24O2. The number of aliphatic hydroxyl groups is 1. The predicted molar refractivity (Wildman–Crippen MR) is 71.7 cm³/mol. The summed E-state index contributed by atoms with van der Waals surface area (Å²) in [7, 11) is 0. The minimum atomic E-state index is -0.235. The largest absolute Gasteiger partial charge is 0.493 e. The molecular weight excluding hydrogens is 212 g/mol. The highest BCUT2D eigenvalue weighted by Gasteiger charge is 2.05. The van der Waals surface area contributed by atoms with Crippen LogP contribution in [0.3, 0.4) is 0 Å². The van der Waals surface area contributed by atoms with E-state index in [4.69, 9.17) is 9.84 Å². The number of rotatable bonds is 6. The van der Waals surface area contributed by atoms with Crippen molar-refractivity contribution in [2.75, 3.05) is 6.61 Å². The Morgan fingerprint density at radius 2 is 1.94 bits per heavy atom. The molecule has 1 aromatic carbocycles. The number of aryl methyl sites for hydroxylation is 1. The third kappa shape index (κ3) is 4.78. The molecule has 0 radical (unpaired) electrons. The predicted octanol–water partition coefficient (Wildman–Crippen LogP) is 3.66. The Kier molecular flexibility index (Phi) is 5.49. The van der Waals surface area contributed by atoms with Crippen LogP contribution in [0.25, 0.3) is 0 Å². The molecule has 0 aliphatic rings. The van der Waals surface area contributed by atoms with Gasteiger partial charge in [-0.05, 0) is 49.8 Å². The van der Waals surface area contributed by atoms with Gasteiger partial charge in [0.1, 0.15) is 5.75 Å². The van der Waals surface area contributed by atoms with Crippen LogP contribution in [0.2, 0.25) is 0 Å². The van der Waals surface area contributed by atoms with Crippen molar-refractivity contribution in [3.63, 3.8) is 0 Å². The Bertz CT molecular complexity index is 343. The number of ether oxygens (including phenoxy) is 1. The number of aliphatic hydroxyl groups excluding tert-OH is 1. The van der Waals surface area contributed by atoms with Crippen molar-refractivity contribution >= 4 is 0 Å². The zero-order chi connectivity index (χ0) is 12.8. The summed E-state index contributed by atoms with van der Waals surface area (Å²) in [4.78, 5) is 0. The van der Waals surface area contributed by atoms with Gasteiger partial charge in [0.2, 0.25) is 0 Å². The normalized spacial score (nSPS) is 12.8. The summed E-state index contributed by atoms with van der Waals surface area (Å²) in [6.45, 7) is 8.91. The third-order valence-electron chi connectivity index (χ3n) is 2.90. The minimum absolute atomic E-state index is 0.235. The zero-order valence-electron chi connectivity index (χ0n) is 11.4. The van der Waals surface area contributed by atoms with E-state index in [-0.39, 0.29) is 6.10 Å². The molecule has 0 amide bonds. The molecule has 0 saturated carbocycles. The summed E-state index contributed by atoms with van der Waals surface area (Å²) in [5, 5.41) is 9.17. The van der Waals surface area contributed by atoms with E-state index in [0.29, 0.717) is 12.5 Å². The molecule has 0 saturated heterocycles. The summed E-state index contributed by atoms with van der Waals surface area (Å²) in [6.07, 6.45) is 1.45. The lowest BCUT2D eigenvalue weighted by atomic mass is 10.0. The molecule has 17 heavy (non-hydrogen) atoms. The molecule has 2 heteroatoms. The highest BCUT2D eigenvalue weighted by molar-refractivity contribution is 5.37. The van der Waals surface area contributed by atoms with Gasteiger partial charge in [-0.3, -0.25) is 0 Å². The van der Waals surface area contributed by atoms with Gasteiger partial charge in [0.05, 0.1) is 12.7 Å². The quantitative estimate of drug-likeness (QED) is 0.764. The minimum Gasteiger partial charge on any atom is -0.493 e. The van der Waals surface area contributed by atoms with Crippen LogP contribution in [0.1, 0.15) is 50.7 Å². The highest BCUT2D eigenvalue weighted by atomic mass is 16.5. The van der Waals surface area contributed by atoms with Crippen LogP contribution in [0.4, 0.5) is 0 Å². The smallest absolute Gasteiger partial charge is 0.122 e. The van der Waals surface area contributed by atoms with Crippen molar-refractivity contribution in [2.24, 2.45) is 0 Å². The first-order chi connectivity index (χ1) is 8.00. The standard InChI is InChI=1S/C15H24O2/c1-11(2)14-8-7-12(3)15(10-14)17-9-5-6-13(4)16/h7-8,10-11,13,16H,5-6,9H2,1-4H3. The van der Waals surface area contributed by atoms with Crippen LogP contribution in [0, 0.1) is 6.92 Å². The number of hydrogen-bond acceptors (Lipinski definition) is 2. The average Bonchev–Trinajstić information content (AvgIpc) is 2.25. The van der Waals surface area contributed by atoms with Crippen LogP contribution >= 0.6 is 0 Å². The van der Waals surface area contributed by atoms with Crippen LogP contribution in [-0.2, 0) is 0 Å². The van der Waals surface area contributed by atoms with E-state index in [9.17, 15) is 0 Å². The maximum absolute atomic E-state index is 9.17. The molecule has 1 N–H and O–H groups in total. The van der Waals surface area contributed by atoms with Crippen molar-refractivity contribution in [2.45, 2.75) is 52.6 Å². The van der Waals surface area contributed by atoms with Crippen molar-refractivity contribution in [3.8, 4) is 5.75 Å². The summed E-state index contributed by atoms with van der Waals surface area (Å²) in [5.41, 5.74) is 2.48. The van der Waals surface area contributed by atoms with E-state index in [1.165, 1.54) is 11.1 Å². The topological polar surface area (TPSA) is 29.5 Å². The van der Waals surface area contributed by atoms with E-state index in [2.05, 4.69) is 39.0 Å². The molecule has 0 bridgehead atoms.